The minimum absolute atomic E-state index is 0.115. The summed E-state index contributed by atoms with van der Waals surface area (Å²) in [5.74, 6) is 1.73. The van der Waals surface area contributed by atoms with E-state index in [1.807, 2.05) is 36.4 Å². The Balaban J connectivity index is 1.62. The number of phenolic OH excluding ortho intramolecular Hbond substituents is 1. The molecular weight excluding hydrogens is 490 g/mol. The van der Waals surface area contributed by atoms with Crippen LogP contribution in [0.3, 0.4) is 0 Å². The maximum atomic E-state index is 11.5. The van der Waals surface area contributed by atoms with Crippen LogP contribution in [-0.2, 0) is 0 Å². The number of aromatic nitrogens is 1. The number of ether oxygens (including phenoxy) is 3. The third kappa shape index (κ3) is 4.72. The van der Waals surface area contributed by atoms with Crippen LogP contribution in [0.2, 0.25) is 5.02 Å². The van der Waals surface area contributed by atoms with Gasteiger partial charge < -0.3 is 24.2 Å². The number of benzene rings is 3. The van der Waals surface area contributed by atoms with Gasteiger partial charge in [-0.2, -0.15) is 0 Å². The minimum atomic E-state index is -0.324. The number of fused-ring (bicyclic) bond motifs is 1. The van der Waals surface area contributed by atoms with Crippen LogP contribution < -0.4 is 19.1 Å². The van der Waals surface area contributed by atoms with Crippen LogP contribution in [0.5, 0.6) is 23.0 Å². The van der Waals surface area contributed by atoms with Crippen molar-refractivity contribution in [3.63, 3.8) is 0 Å². The van der Waals surface area contributed by atoms with E-state index in [0.717, 1.165) is 31.7 Å². The molecule has 7 nitrogen and oxygen atoms in total. The fourth-order valence-electron chi connectivity index (χ4n) is 5.14. The third-order valence-electron chi connectivity index (χ3n) is 6.94. The molecule has 1 aliphatic rings. The lowest BCUT2D eigenvalue weighted by Gasteiger charge is -2.41. The molecule has 2 heterocycles. The molecule has 4 aromatic rings. The molecule has 1 atom stereocenters. The van der Waals surface area contributed by atoms with Gasteiger partial charge in [-0.1, -0.05) is 29.8 Å². The van der Waals surface area contributed by atoms with Crippen molar-refractivity contribution in [3.8, 4) is 23.0 Å². The quantitative estimate of drug-likeness (QED) is 0.344. The highest BCUT2D eigenvalue weighted by Crippen LogP contribution is 2.46. The number of phenols is 1. The lowest BCUT2D eigenvalue weighted by molar-refractivity contribution is 0.208. The van der Waals surface area contributed by atoms with E-state index in [1.54, 1.807) is 27.5 Å². The number of nitrogens with zero attached hydrogens (tertiary/aromatic N) is 3. The zero-order chi connectivity index (χ0) is 25.9. The van der Waals surface area contributed by atoms with Gasteiger partial charge in [0.1, 0.15) is 11.3 Å². The normalized spacial score (nSPS) is 15.0. The Labute approximate surface area is 221 Å². The Hall–Kier alpha value is -3.68. The third-order valence-corrected chi connectivity index (χ3v) is 7.26. The molecule has 192 valence electrons. The molecule has 0 saturated carbocycles. The van der Waals surface area contributed by atoms with Crippen molar-refractivity contribution in [2.24, 2.45) is 0 Å². The summed E-state index contributed by atoms with van der Waals surface area (Å²) < 4.78 is 16.9. The molecule has 1 N–H and O–H groups in total. The molecule has 0 spiro atoms. The van der Waals surface area contributed by atoms with Crippen molar-refractivity contribution in [1.82, 2.24) is 9.88 Å². The van der Waals surface area contributed by atoms with Gasteiger partial charge in [0, 0.05) is 49.0 Å². The second kappa shape index (κ2) is 10.7. The molecule has 8 heteroatoms. The summed E-state index contributed by atoms with van der Waals surface area (Å²) >= 11 is 6.73. The Morgan fingerprint density at radius 1 is 0.865 bits per heavy atom. The van der Waals surface area contributed by atoms with Crippen molar-refractivity contribution >= 4 is 28.2 Å². The van der Waals surface area contributed by atoms with Crippen molar-refractivity contribution in [1.29, 1.82) is 0 Å². The highest BCUT2D eigenvalue weighted by molar-refractivity contribution is 6.35. The van der Waals surface area contributed by atoms with E-state index in [9.17, 15) is 5.11 Å². The fraction of sp³-hybridized carbons (Fsp3) is 0.276. The summed E-state index contributed by atoms with van der Waals surface area (Å²) in [6.45, 7) is 3.22. The van der Waals surface area contributed by atoms with Gasteiger partial charge in [-0.25, -0.2) is 0 Å². The van der Waals surface area contributed by atoms with Crippen LogP contribution in [0.15, 0.2) is 66.9 Å². The molecule has 1 aliphatic heterocycles. The first kappa shape index (κ1) is 25.0. The van der Waals surface area contributed by atoms with Crippen molar-refractivity contribution in [3.05, 3.63) is 83.0 Å². The highest BCUT2D eigenvalue weighted by atomic mass is 35.5. The van der Waals surface area contributed by atoms with Crippen LogP contribution in [0.25, 0.3) is 10.9 Å². The number of pyridine rings is 1. The Bertz CT molecular complexity index is 1370. The molecule has 1 fully saturated rings. The Morgan fingerprint density at radius 2 is 1.54 bits per heavy atom. The number of rotatable bonds is 7. The zero-order valence-corrected chi connectivity index (χ0v) is 21.9. The topological polar surface area (TPSA) is 67.3 Å². The monoisotopic (exact) mass is 519 g/mol. The fourth-order valence-corrected chi connectivity index (χ4v) is 5.41. The van der Waals surface area contributed by atoms with Gasteiger partial charge in [-0.3, -0.25) is 9.88 Å². The van der Waals surface area contributed by atoms with Gasteiger partial charge in [-0.05, 0) is 48.0 Å². The second-order valence-electron chi connectivity index (χ2n) is 8.92. The largest absolute Gasteiger partial charge is 0.505 e. The molecular formula is C29H30ClN3O4. The Kier molecular flexibility index (Phi) is 7.26. The molecule has 0 bridgehead atoms. The van der Waals surface area contributed by atoms with E-state index in [4.69, 9.17) is 25.8 Å². The number of methoxy groups -OCH3 is 3. The standard InChI is InChI=1S/C29H30ClN3O4/c1-35-24-16-19(17-25(36-2)29(24)37-3)27(22-18-23(30)21-10-7-11-31-26(21)28(22)34)33-14-12-32(13-15-33)20-8-5-4-6-9-20/h4-11,16-18,27,34H,12-15H2,1-3H3/t27-/m1/s1. The first-order valence-electron chi connectivity index (χ1n) is 12.2. The maximum Gasteiger partial charge on any atom is 0.203 e. The summed E-state index contributed by atoms with van der Waals surface area (Å²) in [5, 5.41) is 12.7. The predicted octanol–water partition coefficient (Wildman–Crippen LogP) is 5.53. The number of hydrogen-bond donors (Lipinski definition) is 1. The van der Waals surface area contributed by atoms with Crippen LogP contribution in [0, 0.1) is 0 Å². The lowest BCUT2D eigenvalue weighted by Crippen LogP contribution is -2.48. The van der Waals surface area contributed by atoms with E-state index >= 15 is 0 Å². The maximum absolute atomic E-state index is 11.5. The molecule has 0 amide bonds. The number of halogens is 1. The van der Waals surface area contributed by atoms with Crippen molar-refractivity contribution in [2.45, 2.75) is 6.04 Å². The van der Waals surface area contributed by atoms with Crippen LogP contribution in [0.1, 0.15) is 17.2 Å². The molecule has 0 radical (unpaired) electrons. The highest BCUT2D eigenvalue weighted by Gasteiger charge is 2.31. The summed E-state index contributed by atoms with van der Waals surface area (Å²) in [7, 11) is 4.78. The summed E-state index contributed by atoms with van der Waals surface area (Å²) in [6, 6.07) is 19.5. The van der Waals surface area contributed by atoms with E-state index in [-0.39, 0.29) is 11.8 Å². The van der Waals surface area contributed by atoms with Gasteiger partial charge in [0.05, 0.1) is 32.4 Å². The van der Waals surface area contributed by atoms with Gasteiger partial charge in [-0.15, -0.1) is 0 Å². The Morgan fingerprint density at radius 3 is 2.16 bits per heavy atom. The van der Waals surface area contributed by atoms with E-state index in [0.29, 0.717) is 38.7 Å². The average molecular weight is 520 g/mol. The van der Waals surface area contributed by atoms with Gasteiger partial charge in [0.2, 0.25) is 5.75 Å². The van der Waals surface area contributed by atoms with Crippen LogP contribution in [-0.4, -0.2) is 62.5 Å². The van der Waals surface area contributed by atoms with E-state index < -0.39 is 0 Å². The van der Waals surface area contributed by atoms with Crippen molar-refractivity contribution in [2.75, 3.05) is 52.4 Å². The smallest absolute Gasteiger partial charge is 0.203 e. The summed E-state index contributed by atoms with van der Waals surface area (Å²) in [5.41, 5.74) is 3.25. The zero-order valence-electron chi connectivity index (χ0n) is 21.1. The van der Waals surface area contributed by atoms with Gasteiger partial charge in [0.15, 0.2) is 11.5 Å². The van der Waals surface area contributed by atoms with E-state index in [1.165, 1.54) is 5.69 Å². The molecule has 3 aromatic carbocycles. The number of para-hydroxylation sites is 1. The predicted molar refractivity (Wildman–Crippen MR) is 147 cm³/mol. The lowest BCUT2D eigenvalue weighted by atomic mass is 9.93. The minimum Gasteiger partial charge on any atom is -0.505 e. The average Bonchev–Trinajstić information content (AvgIpc) is 2.96. The number of anilines is 1. The molecule has 1 aromatic heterocycles. The van der Waals surface area contributed by atoms with Crippen molar-refractivity contribution < 1.29 is 19.3 Å². The van der Waals surface area contributed by atoms with E-state index in [2.05, 4.69) is 39.0 Å². The summed E-state index contributed by atoms with van der Waals surface area (Å²) in [4.78, 5) is 9.16. The van der Waals surface area contributed by atoms with Crippen LogP contribution >= 0.6 is 11.6 Å². The molecule has 37 heavy (non-hydrogen) atoms. The molecule has 1 saturated heterocycles. The number of aromatic hydroxyl groups is 1. The SMILES string of the molecule is COc1cc([C@H](c2cc(Cl)c3cccnc3c2O)N2CCN(c3ccccc3)CC2)cc(OC)c1OC. The molecule has 0 aliphatic carbocycles. The molecule has 0 unspecified atom stereocenters. The van der Waals surface area contributed by atoms with Gasteiger partial charge in [0.25, 0.3) is 0 Å². The first-order valence-corrected chi connectivity index (χ1v) is 12.5. The van der Waals surface area contributed by atoms with Gasteiger partial charge >= 0.3 is 0 Å². The number of hydrogen-bond acceptors (Lipinski definition) is 7. The first-order chi connectivity index (χ1) is 18.0. The number of piperazine rings is 1. The second-order valence-corrected chi connectivity index (χ2v) is 9.32. The van der Waals surface area contributed by atoms with Crippen LogP contribution in [0.4, 0.5) is 5.69 Å². The summed E-state index contributed by atoms with van der Waals surface area (Å²) in [6.07, 6.45) is 1.66. The molecule has 5 rings (SSSR count).